The van der Waals surface area contributed by atoms with Crippen molar-refractivity contribution in [1.29, 1.82) is 0 Å². The predicted molar refractivity (Wildman–Crippen MR) is 138 cm³/mol. The van der Waals surface area contributed by atoms with Gasteiger partial charge in [0.25, 0.3) is 11.6 Å². The molecule has 0 bridgehead atoms. The number of hydrogen-bond acceptors (Lipinski definition) is 6. The Kier molecular flexibility index (Phi) is 7.45. The topological polar surface area (TPSA) is 99.0 Å². The molecule has 2 aromatic rings. The van der Waals surface area contributed by atoms with E-state index in [1.165, 1.54) is 12.1 Å². The number of para-hydroxylation sites is 1. The Hall–Kier alpha value is -3.33. The van der Waals surface area contributed by atoms with E-state index < -0.39 is 10.8 Å². The van der Waals surface area contributed by atoms with E-state index in [1.807, 2.05) is 18.7 Å². The van der Waals surface area contributed by atoms with Gasteiger partial charge >= 0.3 is 0 Å². The molecule has 0 aliphatic carbocycles. The Morgan fingerprint density at radius 2 is 1.69 bits per heavy atom. The zero-order chi connectivity index (χ0) is 25.1. The maximum Gasteiger partial charge on any atom is 0.270 e. The summed E-state index contributed by atoms with van der Waals surface area (Å²) in [5, 5.41) is 14.8. The zero-order valence-corrected chi connectivity index (χ0v) is 20.8. The number of rotatable bonds is 6. The Morgan fingerprint density at radius 1 is 1.00 bits per heavy atom. The van der Waals surface area contributed by atoms with Gasteiger partial charge in [0.1, 0.15) is 0 Å². The fourth-order valence-electron chi connectivity index (χ4n) is 4.70. The number of benzene rings is 2. The molecule has 2 saturated heterocycles. The Morgan fingerprint density at radius 3 is 2.31 bits per heavy atom. The first-order chi connectivity index (χ1) is 16.8. The largest absolute Gasteiger partial charge is 0.371 e. The lowest BCUT2D eigenvalue weighted by Gasteiger charge is -2.38. The number of nitro groups is 1. The molecular formula is C25H30ClN5O4. The molecule has 35 heavy (non-hydrogen) atoms. The fourth-order valence-corrected chi connectivity index (χ4v) is 4.99. The summed E-state index contributed by atoms with van der Waals surface area (Å²) in [7, 11) is 0. The van der Waals surface area contributed by atoms with Gasteiger partial charge < -0.3 is 20.0 Å². The van der Waals surface area contributed by atoms with Crippen LogP contribution in [0.25, 0.3) is 0 Å². The summed E-state index contributed by atoms with van der Waals surface area (Å²) in [6.07, 6.45) is 2.03. The van der Waals surface area contributed by atoms with Crippen molar-refractivity contribution in [3.05, 3.63) is 57.1 Å². The average molecular weight is 500 g/mol. The highest BCUT2D eigenvalue weighted by atomic mass is 35.5. The van der Waals surface area contributed by atoms with Gasteiger partial charge in [-0.25, -0.2) is 0 Å². The van der Waals surface area contributed by atoms with Crippen LogP contribution in [0.1, 0.15) is 37.0 Å². The molecule has 2 aliphatic rings. The van der Waals surface area contributed by atoms with E-state index in [4.69, 9.17) is 11.6 Å². The first kappa shape index (κ1) is 24.8. The van der Waals surface area contributed by atoms with E-state index in [0.29, 0.717) is 48.3 Å². The molecule has 2 fully saturated rings. The third-order valence-electron chi connectivity index (χ3n) is 6.52. The molecule has 10 heteroatoms. The van der Waals surface area contributed by atoms with Crippen molar-refractivity contribution in [2.75, 3.05) is 54.4 Å². The van der Waals surface area contributed by atoms with Gasteiger partial charge in [0.2, 0.25) is 5.91 Å². The van der Waals surface area contributed by atoms with E-state index in [2.05, 4.69) is 15.1 Å². The van der Waals surface area contributed by atoms with Crippen LogP contribution in [0.15, 0.2) is 36.4 Å². The van der Waals surface area contributed by atoms with E-state index in [-0.39, 0.29) is 23.1 Å². The number of piperazine rings is 1. The highest BCUT2D eigenvalue weighted by Crippen LogP contribution is 2.36. The van der Waals surface area contributed by atoms with Crippen molar-refractivity contribution in [2.45, 2.75) is 26.7 Å². The van der Waals surface area contributed by atoms with Crippen LogP contribution in [-0.2, 0) is 4.79 Å². The highest BCUT2D eigenvalue weighted by molar-refractivity contribution is 6.34. The van der Waals surface area contributed by atoms with E-state index in [1.54, 1.807) is 24.3 Å². The summed E-state index contributed by atoms with van der Waals surface area (Å²) in [4.78, 5) is 42.7. The molecular weight excluding hydrogens is 470 g/mol. The molecule has 0 radical (unpaired) electrons. The highest BCUT2D eigenvalue weighted by Gasteiger charge is 2.27. The van der Waals surface area contributed by atoms with Crippen LogP contribution in [0.5, 0.6) is 0 Å². The molecule has 2 amide bonds. The summed E-state index contributed by atoms with van der Waals surface area (Å²) in [6.45, 7) is 7.70. The van der Waals surface area contributed by atoms with Gasteiger partial charge in [-0.15, -0.1) is 0 Å². The van der Waals surface area contributed by atoms with E-state index >= 15 is 0 Å². The molecule has 2 aliphatic heterocycles. The minimum atomic E-state index is -0.493. The molecule has 0 atom stereocenters. The molecule has 0 saturated carbocycles. The fraction of sp³-hybridized carbons (Fsp3) is 0.440. The number of carbonyl (C=O) groups excluding carboxylic acids is 2. The van der Waals surface area contributed by atoms with Crippen LogP contribution < -0.4 is 15.1 Å². The Balaban J connectivity index is 1.60. The molecule has 0 spiro atoms. The van der Waals surface area contributed by atoms with Crippen molar-refractivity contribution in [3.8, 4) is 0 Å². The minimum absolute atomic E-state index is 0.0588. The van der Waals surface area contributed by atoms with Crippen molar-refractivity contribution in [3.63, 3.8) is 0 Å². The summed E-state index contributed by atoms with van der Waals surface area (Å²) in [6, 6.07) is 9.73. The summed E-state index contributed by atoms with van der Waals surface area (Å²) in [5.41, 5.74) is 2.04. The van der Waals surface area contributed by atoms with Gasteiger partial charge in [-0.05, 0) is 31.0 Å². The Labute approximate surface area is 209 Å². The second-order valence-corrected chi connectivity index (χ2v) is 9.62. The number of nitrogens with zero attached hydrogens (tertiary/aromatic N) is 4. The SMILES string of the molecule is CC(C)C(=O)N1CCN(c2c(Cl)cccc2NC(=O)c2cc([N+](=O)[O-])ccc2N2CCCC2)CC1. The average Bonchev–Trinajstić information content (AvgIpc) is 3.38. The van der Waals surface area contributed by atoms with Crippen molar-refractivity contribution >= 4 is 46.2 Å². The third kappa shape index (κ3) is 5.35. The predicted octanol–water partition coefficient (Wildman–Crippen LogP) is 4.41. The van der Waals surface area contributed by atoms with E-state index in [9.17, 15) is 19.7 Å². The van der Waals surface area contributed by atoms with Crippen LogP contribution in [0.4, 0.5) is 22.7 Å². The van der Waals surface area contributed by atoms with Crippen LogP contribution in [0.3, 0.4) is 0 Å². The number of non-ortho nitro benzene ring substituents is 1. The zero-order valence-electron chi connectivity index (χ0n) is 20.0. The molecule has 0 aromatic heterocycles. The minimum Gasteiger partial charge on any atom is -0.371 e. The summed E-state index contributed by atoms with van der Waals surface area (Å²) < 4.78 is 0. The van der Waals surface area contributed by atoms with Gasteiger partial charge in [-0.1, -0.05) is 31.5 Å². The number of hydrogen-bond donors (Lipinski definition) is 1. The van der Waals surface area contributed by atoms with Gasteiger partial charge in [-0.3, -0.25) is 19.7 Å². The second-order valence-electron chi connectivity index (χ2n) is 9.21. The monoisotopic (exact) mass is 499 g/mol. The van der Waals surface area contributed by atoms with Crippen LogP contribution >= 0.6 is 11.6 Å². The second kappa shape index (κ2) is 10.5. The number of nitro benzene ring substituents is 1. The molecule has 186 valence electrons. The maximum absolute atomic E-state index is 13.5. The first-order valence-corrected chi connectivity index (χ1v) is 12.3. The van der Waals surface area contributed by atoms with Crippen LogP contribution in [0, 0.1) is 16.0 Å². The van der Waals surface area contributed by atoms with Crippen molar-refractivity contribution < 1.29 is 14.5 Å². The quantitative estimate of drug-likeness (QED) is 0.467. The van der Waals surface area contributed by atoms with Gasteiger partial charge in [-0.2, -0.15) is 0 Å². The lowest BCUT2D eigenvalue weighted by atomic mass is 10.1. The molecule has 9 nitrogen and oxygen atoms in total. The van der Waals surface area contributed by atoms with Gasteiger partial charge in [0.05, 0.1) is 32.6 Å². The summed E-state index contributed by atoms with van der Waals surface area (Å²) in [5.74, 6) is -0.360. The first-order valence-electron chi connectivity index (χ1n) is 11.9. The van der Waals surface area contributed by atoms with Crippen LogP contribution in [-0.4, -0.2) is 60.9 Å². The van der Waals surface area contributed by atoms with Crippen molar-refractivity contribution in [1.82, 2.24) is 4.90 Å². The number of carbonyl (C=O) groups is 2. The van der Waals surface area contributed by atoms with Crippen LogP contribution in [0.2, 0.25) is 5.02 Å². The number of amides is 2. The third-order valence-corrected chi connectivity index (χ3v) is 6.82. The number of halogens is 1. The molecule has 1 N–H and O–H groups in total. The molecule has 4 rings (SSSR count). The van der Waals surface area contributed by atoms with Crippen molar-refractivity contribution in [2.24, 2.45) is 5.92 Å². The molecule has 0 unspecified atom stereocenters. The number of nitrogens with one attached hydrogen (secondary N) is 1. The lowest BCUT2D eigenvalue weighted by Crippen LogP contribution is -2.50. The standard InChI is InChI=1S/C25H30ClN5O4/c1-17(2)25(33)30-14-12-29(13-15-30)23-20(26)6-5-7-21(23)27-24(32)19-16-18(31(34)35)8-9-22(19)28-10-3-4-11-28/h5-9,16-17H,3-4,10-15H2,1-2H3,(H,27,32). The molecule has 2 heterocycles. The maximum atomic E-state index is 13.5. The lowest BCUT2D eigenvalue weighted by molar-refractivity contribution is -0.384. The van der Waals surface area contributed by atoms with E-state index in [0.717, 1.165) is 25.9 Å². The van der Waals surface area contributed by atoms with Gasteiger partial charge in [0.15, 0.2) is 0 Å². The number of anilines is 3. The summed E-state index contributed by atoms with van der Waals surface area (Å²) >= 11 is 6.57. The Bertz CT molecular complexity index is 1120. The smallest absolute Gasteiger partial charge is 0.270 e. The van der Waals surface area contributed by atoms with Gasteiger partial charge in [0, 0.05) is 57.3 Å². The normalized spacial score (nSPS) is 16.1. The molecule has 2 aromatic carbocycles.